The first-order valence-electron chi connectivity index (χ1n) is 7.76. The van der Waals surface area contributed by atoms with Gasteiger partial charge in [-0.25, -0.2) is 4.79 Å². The highest BCUT2D eigenvalue weighted by Crippen LogP contribution is 2.49. The van der Waals surface area contributed by atoms with Crippen LogP contribution in [-0.4, -0.2) is 30.8 Å². The average Bonchev–Trinajstić information content (AvgIpc) is 3.24. The van der Waals surface area contributed by atoms with Gasteiger partial charge < -0.3 is 15.7 Å². The highest BCUT2D eigenvalue weighted by Gasteiger charge is 2.45. The van der Waals surface area contributed by atoms with Crippen molar-refractivity contribution in [2.45, 2.75) is 38.5 Å². The van der Waals surface area contributed by atoms with Crippen molar-refractivity contribution >= 4 is 17.6 Å². The van der Waals surface area contributed by atoms with Crippen LogP contribution in [0.1, 0.15) is 38.7 Å². The molecule has 0 heterocycles. The Kier molecular flexibility index (Phi) is 5.35. The zero-order valence-electron chi connectivity index (χ0n) is 13.3. The average molecular weight is 325 g/mol. The molecule has 1 aliphatic rings. The van der Waals surface area contributed by atoms with Gasteiger partial charge in [0, 0.05) is 30.1 Å². The molecule has 0 aliphatic heterocycles. The molecule has 5 heteroatoms. The largest absolute Gasteiger partial charge is 0.396 e. The zero-order chi connectivity index (χ0) is 16.2. The third kappa shape index (κ3) is 4.37. The molecule has 0 spiro atoms. The van der Waals surface area contributed by atoms with E-state index in [9.17, 15) is 4.79 Å². The smallest absolute Gasteiger partial charge is 0.314 e. The van der Waals surface area contributed by atoms with Crippen LogP contribution in [0.2, 0.25) is 5.02 Å². The van der Waals surface area contributed by atoms with Gasteiger partial charge in [-0.05, 0) is 36.3 Å². The molecular formula is C17H25ClN2O2. The Morgan fingerprint density at radius 2 is 2.00 bits per heavy atom. The van der Waals surface area contributed by atoms with E-state index in [4.69, 9.17) is 16.7 Å². The Balaban J connectivity index is 1.83. The number of carbonyl (C=O) groups excluding carboxylic acids is 1. The lowest BCUT2D eigenvalue weighted by molar-refractivity contribution is 0.201. The van der Waals surface area contributed by atoms with E-state index in [1.54, 1.807) is 0 Å². The molecule has 2 amide bonds. The Labute approximate surface area is 137 Å². The highest BCUT2D eigenvalue weighted by atomic mass is 35.5. The zero-order valence-corrected chi connectivity index (χ0v) is 14.0. The Morgan fingerprint density at radius 1 is 1.32 bits per heavy atom. The fraction of sp³-hybridized carbons (Fsp3) is 0.588. The number of amides is 2. The number of nitrogens with one attached hydrogen (secondary N) is 2. The summed E-state index contributed by atoms with van der Waals surface area (Å²) in [5.74, 6) is 0. The fourth-order valence-electron chi connectivity index (χ4n) is 2.61. The van der Waals surface area contributed by atoms with Gasteiger partial charge in [-0.15, -0.1) is 0 Å². The van der Waals surface area contributed by atoms with E-state index in [2.05, 4.69) is 10.6 Å². The van der Waals surface area contributed by atoms with Crippen molar-refractivity contribution in [1.82, 2.24) is 10.6 Å². The summed E-state index contributed by atoms with van der Waals surface area (Å²) in [6.45, 7) is 5.32. The number of halogens is 1. The SMILES string of the molecule is CC(C)(CCO)CNC(=O)NCC1(c2ccccc2Cl)CC1. The lowest BCUT2D eigenvalue weighted by Crippen LogP contribution is -2.43. The lowest BCUT2D eigenvalue weighted by Gasteiger charge is -2.24. The molecule has 22 heavy (non-hydrogen) atoms. The fourth-order valence-corrected chi connectivity index (χ4v) is 2.94. The van der Waals surface area contributed by atoms with Crippen molar-refractivity contribution in [2.75, 3.05) is 19.7 Å². The molecule has 2 rings (SSSR count). The van der Waals surface area contributed by atoms with Crippen LogP contribution in [-0.2, 0) is 5.41 Å². The molecule has 1 fully saturated rings. The Bertz CT molecular complexity index is 527. The van der Waals surface area contributed by atoms with Crippen LogP contribution in [0.5, 0.6) is 0 Å². The second-order valence-corrected chi connectivity index (χ2v) is 7.34. The molecular weight excluding hydrogens is 300 g/mol. The molecule has 1 aromatic rings. The van der Waals surface area contributed by atoms with Crippen molar-refractivity contribution in [3.63, 3.8) is 0 Å². The predicted octanol–water partition coefficient (Wildman–Crippen LogP) is 3.08. The van der Waals surface area contributed by atoms with Crippen LogP contribution in [0.15, 0.2) is 24.3 Å². The van der Waals surface area contributed by atoms with E-state index in [0.717, 1.165) is 23.4 Å². The van der Waals surface area contributed by atoms with Crippen LogP contribution in [0.4, 0.5) is 4.79 Å². The van der Waals surface area contributed by atoms with Gasteiger partial charge in [-0.2, -0.15) is 0 Å². The summed E-state index contributed by atoms with van der Waals surface area (Å²) in [6, 6.07) is 7.68. The summed E-state index contributed by atoms with van der Waals surface area (Å²) in [7, 11) is 0. The Hall–Kier alpha value is -1.26. The van der Waals surface area contributed by atoms with Gasteiger partial charge in [0.2, 0.25) is 0 Å². The number of rotatable bonds is 7. The molecule has 1 saturated carbocycles. The second kappa shape index (κ2) is 6.88. The highest BCUT2D eigenvalue weighted by molar-refractivity contribution is 6.31. The standard InChI is InChI=1S/C17H25ClN2O2/c1-16(2,9-10-21)11-19-15(22)20-12-17(7-8-17)13-5-3-4-6-14(13)18/h3-6,21H,7-12H2,1-2H3,(H2,19,20,22). The van der Waals surface area contributed by atoms with Crippen molar-refractivity contribution in [3.05, 3.63) is 34.9 Å². The molecule has 0 unspecified atom stereocenters. The van der Waals surface area contributed by atoms with Gasteiger partial charge in [0.1, 0.15) is 0 Å². The summed E-state index contributed by atoms with van der Waals surface area (Å²) in [4.78, 5) is 12.0. The number of aliphatic hydroxyl groups is 1. The molecule has 0 aromatic heterocycles. The van der Waals surface area contributed by atoms with E-state index >= 15 is 0 Å². The lowest BCUT2D eigenvalue weighted by atomic mass is 9.90. The number of hydrogen-bond acceptors (Lipinski definition) is 2. The summed E-state index contributed by atoms with van der Waals surface area (Å²) < 4.78 is 0. The van der Waals surface area contributed by atoms with Crippen molar-refractivity contribution in [1.29, 1.82) is 0 Å². The van der Waals surface area contributed by atoms with Gasteiger partial charge in [-0.1, -0.05) is 43.6 Å². The van der Waals surface area contributed by atoms with Gasteiger partial charge in [0.05, 0.1) is 0 Å². The number of hydrogen-bond donors (Lipinski definition) is 3. The first-order chi connectivity index (χ1) is 10.4. The minimum absolute atomic E-state index is 0.00367. The van der Waals surface area contributed by atoms with E-state index in [1.807, 2.05) is 38.1 Å². The van der Waals surface area contributed by atoms with Crippen molar-refractivity contribution in [3.8, 4) is 0 Å². The number of aliphatic hydroxyl groups excluding tert-OH is 1. The summed E-state index contributed by atoms with van der Waals surface area (Å²) in [5.41, 5.74) is 1.01. The molecule has 4 nitrogen and oxygen atoms in total. The van der Waals surface area contributed by atoms with Crippen LogP contribution in [0, 0.1) is 5.41 Å². The topological polar surface area (TPSA) is 61.4 Å². The third-order valence-corrected chi connectivity index (χ3v) is 4.73. The van der Waals surface area contributed by atoms with Crippen LogP contribution in [0.25, 0.3) is 0 Å². The third-order valence-electron chi connectivity index (χ3n) is 4.40. The van der Waals surface area contributed by atoms with Gasteiger partial charge in [-0.3, -0.25) is 0 Å². The summed E-state index contributed by atoms with van der Waals surface area (Å²) >= 11 is 6.27. The van der Waals surface area contributed by atoms with Crippen molar-refractivity contribution < 1.29 is 9.90 Å². The molecule has 0 saturated heterocycles. The van der Waals surface area contributed by atoms with Gasteiger partial charge >= 0.3 is 6.03 Å². The van der Waals surface area contributed by atoms with Gasteiger partial charge in [0.25, 0.3) is 0 Å². The van der Waals surface area contributed by atoms with Crippen molar-refractivity contribution in [2.24, 2.45) is 5.41 Å². The first kappa shape index (κ1) is 17.1. The molecule has 3 N–H and O–H groups in total. The number of urea groups is 1. The second-order valence-electron chi connectivity index (χ2n) is 6.93. The van der Waals surface area contributed by atoms with E-state index in [1.165, 1.54) is 0 Å². The minimum Gasteiger partial charge on any atom is -0.396 e. The Morgan fingerprint density at radius 3 is 2.59 bits per heavy atom. The molecule has 0 atom stereocenters. The normalized spacial score (nSPS) is 16.2. The molecule has 122 valence electrons. The molecule has 1 aromatic carbocycles. The van der Waals surface area contributed by atoms with Crippen LogP contribution < -0.4 is 10.6 Å². The minimum atomic E-state index is -0.163. The predicted molar refractivity (Wildman–Crippen MR) is 89.2 cm³/mol. The number of carbonyl (C=O) groups is 1. The molecule has 1 aliphatic carbocycles. The maximum absolute atomic E-state index is 12.0. The summed E-state index contributed by atoms with van der Waals surface area (Å²) in [5, 5.41) is 15.6. The van der Waals surface area contributed by atoms with Crippen LogP contribution in [0.3, 0.4) is 0 Å². The monoisotopic (exact) mass is 324 g/mol. The van der Waals surface area contributed by atoms with E-state index in [0.29, 0.717) is 19.5 Å². The quantitative estimate of drug-likeness (QED) is 0.722. The maximum atomic E-state index is 12.0. The maximum Gasteiger partial charge on any atom is 0.314 e. The summed E-state index contributed by atoms with van der Waals surface area (Å²) in [6.07, 6.45) is 2.76. The van der Waals surface area contributed by atoms with Crippen LogP contribution >= 0.6 is 11.6 Å². The molecule has 0 bridgehead atoms. The van der Waals surface area contributed by atoms with E-state index < -0.39 is 0 Å². The van der Waals surface area contributed by atoms with E-state index in [-0.39, 0.29) is 23.5 Å². The molecule has 0 radical (unpaired) electrons. The number of benzene rings is 1. The first-order valence-corrected chi connectivity index (χ1v) is 8.14. The van der Waals surface area contributed by atoms with Gasteiger partial charge in [0.15, 0.2) is 0 Å².